The van der Waals surface area contributed by atoms with Crippen LogP contribution >= 0.6 is 0 Å². The van der Waals surface area contributed by atoms with Gasteiger partial charge < -0.3 is 19.5 Å². The lowest BCUT2D eigenvalue weighted by atomic mass is 9.71. The summed E-state index contributed by atoms with van der Waals surface area (Å²) >= 11 is 0. The lowest BCUT2D eigenvalue weighted by Gasteiger charge is -2.47. The highest BCUT2D eigenvalue weighted by molar-refractivity contribution is 5.98. The first kappa shape index (κ1) is 18.7. The number of likely N-dealkylation sites (N-methyl/N-ethyl adjacent to an activating group) is 1. The van der Waals surface area contributed by atoms with Crippen LogP contribution in [0.5, 0.6) is 0 Å². The van der Waals surface area contributed by atoms with Gasteiger partial charge in [-0.05, 0) is 19.3 Å². The average Bonchev–Trinajstić information content (AvgIpc) is 3.22. The maximum absolute atomic E-state index is 13.1. The monoisotopic (exact) mass is 382 g/mol. The fourth-order valence-corrected chi connectivity index (χ4v) is 4.52. The van der Waals surface area contributed by atoms with Crippen LogP contribution in [0.25, 0.3) is 11.3 Å². The summed E-state index contributed by atoms with van der Waals surface area (Å²) < 4.78 is 5.55. The number of nitrogens with one attached hydrogen (secondary N) is 1. The molecule has 2 aromatic rings. The SMILES string of the molecule is COC1CN(C)C(=O)C2(CCN(C(=O)c3[nH]cnc3-c3ccccc3)CC2)C1. The third-order valence-corrected chi connectivity index (χ3v) is 6.14. The van der Waals surface area contributed by atoms with E-state index in [9.17, 15) is 9.59 Å². The molecular formula is C21H26N4O3. The Kier molecular flexibility index (Phi) is 4.93. The molecule has 7 heteroatoms. The first-order valence-corrected chi connectivity index (χ1v) is 9.70. The van der Waals surface area contributed by atoms with E-state index in [4.69, 9.17) is 4.74 Å². The number of likely N-dealkylation sites (tertiary alicyclic amines) is 2. The van der Waals surface area contributed by atoms with E-state index in [0.717, 1.165) is 12.0 Å². The van der Waals surface area contributed by atoms with Gasteiger partial charge in [0, 0.05) is 39.4 Å². The maximum atomic E-state index is 13.1. The van der Waals surface area contributed by atoms with Crippen LogP contribution in [0.3, 0.4) is 0 Å². The molecule has 2 aliphatic heterocycles. The standard InChI is InChI=1S/C21H26N4O3/c1-24-13-16(28-2)12-21(20(24)27)8-10-25(11-9-21)19(26)18-17(22-14-23-18)15-6-4-3-5-7-15/h3-7,14,16H,8-13H2,1-2H3,(H,22,23). The molecule has 1 atom stereocenters. The van der Waals surface area contributed by atoms with Gasteiger partial charge in [-0.1, -0.05) is 30.3 Å². The normalized spacial score (nSPS) is 21.9. The summed E-state index contributed by atoms with van der Waals surface area (Å²) in [4.78, 5) is 36.9. The second-order valence-corrected chi connectivity index (χ2v) is 7.81. The number of benzene rings is 1. The number of hydrogen-bond donors (Lipinski definition) is 1. The molecular weight excluding hydrogens is 356 g/mol. The fourth-order valence-electron chi connectivity index (χ4n) is 4.52. The summed E-state index contributed by atoms with van der Waals surface area (Å²) in [5.41, 5.74) is 1.66. The quantitative estimate of drug-likeness (QED) is 0.883. The van der Waals surface area contributed by atoms with Crippen molar-refractivity contribution < 1.29 is 14.3 Å². The molecule has 0 saturated carbocycles. The number of methoxy groups -OCH3 is 1. The number of carbonyl (C=O) groups is 2. The molecule has 1 aromatic carbocycles. The van der Waals surface area contributed by atoms with E-state index >= 15 is 0 Å². The summed E-state index contributed by atoms with van der Waals surface area (Å²) in [6.45, 7) is 1.75. The molecule has 0 aliphatic carbocycles. The van der Waals surface area contributed by atoms with Crippen LogP contribution in [0, 0.1) is 5.41 Å². The van der Waals surface area contributed by atoms with Crippen molar-refractivity contribution in [3.63, 3.8) is 0 Å². The number of hydrogen-bond acceptors (Lipinski definition) is 4. The van der Waals surface area contributed by atoms with E-state index in [-0.39, 0.29) is 17.9 Å². The molecule has 1 spiro atoms. The molecule has 148 valence electrons. The zero-order valence-electron chi connectivity index (χ0n) is 16.4. The highest BCUT2D eigenvalue weighted by Crippen LogP contribution is 2.41. The van der Waals surface area contributed by atoms with Crippen molar-refractivity contribution in [2.75, 3.05) is 33.8 Å². The third kappa shape index (κ3) is 3.20. The Morgan fingerprint density at radius 2 is 1.96 bits per heavy atom. The molecule has 3 heterocycles. The predicted octanol–water partition coefficient (Wildman–Crippen LogP) is 2.18. The number of carbonyl (C=O) groups excluding carboxylic acids is 2. The fraction of sp³-hybridized carbons (Fsp3) is 0.476. The number of nitrogens with zero attached hydrogens (tertiary/aromatic N) is 3. The highest BCUT2D eigenvalue weighted by atomic mass is 16.5. The van der Waals surface area contributed by atoms with Crippen LogP contribution in [0.2, 0.25) is 0 Å². The molecule has 2 amide bonds. The van der Waals surface area contributed by atoms with Crippen LogP contribution in [-0.4, -0.2) is 71.5 Å². The van der Waals surface area contributed by atoms with Crippen LogP contribution in [-0.2, 0) is 9.53 Å². The Balaban J connectivity index is 1.50. The van der Waals surface area contributed by atoms with Gasteiger partial charge >= 0.3 is 0 Å². The van der Waals surface area contributed by atoms with Gasteiger partial charge in [-0.3, -0.25) is 9.59 Å². The molecule has 4 rings (SSSR count). The summed E-state index contributed by atoms with van der Waals surface area (Å²) in [6, 6.07) is 9.69. The van der Waals surface area contributed by atoms with Crippen molar-refractivity contribution in [3.8, 4) is 11.3 Å². The van der Waals surface area contributed by atoms with Crippen LogP contribution in [0.4, 0.5) is 0 Å². The van der Waals surface area contributed by atoms with Gasteiger partial charge in [-0.2, -0.15) is 0 Å². The van der Waals surface area contributed by atoms with Crippen LogP contribution < -0.4 is 0 Å². The zero-order valence-corrected chi connectivity index (χ0v) is 16.4. The maximum Gasteiger partial charge on any atom is 0.272 e. The van der Waals surface area contributed by atoms with Crippen molar-refractivity contribution in [2.24, 2.45) is 5.41 Å². The minimum atomic E-state index is -0.416. The number of ether oxygens (including phenoxy) is 1. The molecule has 1 N–H and O–H groups in total. The third-order valence-electron chi connectivity index (χ3n) is 6.14. The van der Waals surface area contributed by atoms with Crippen molar-refractivity contribution in [3.05, 3.63) is 42.4 Å². The minimum absolute atomic E-state index is 0.0576. The second kappa shape index (κ2) is 7.39. The van der Waals surface area contributed by atoms with Gasteiger partial charge in [0.1, 0.15) is 11.4 Å². The first-order chi connectivity index (χ1) is 13.5. The molecule has 28 heavy (non-hydrogen) atoms. The first-order valence-electron chi connectivity index (χ1n) is 9.70. The molecule has 2 aliphatic rings. The van der Waals surface area contributed by atoms with Crippen molar-refractivity contribution in [1.82, 2.24) is 19.8 Å². The molecule has 1 aromatic heterocycles. The topological polar surface area (TPSA) is 78.5 Å². The number of piperidine rings is 2. The summed E-state index contributed by atoms with van der Waals surface area (Å²) in [5.74, 6) is 0.116. The number of imidazole rings is 1. The van der Waals surface area contributed by atoms with Gasteiger partial charge in [0.2, 0.25) is 5.91 Å². The van der Waals surface area contributed by atoms with Gasteiger partial charge in [-0.15, -0.1) is 0 Å². The van der Waals surface area contributed by atoms with E-state index in [1.165, 1.54) is 0 Å². The Hall–Kier alpha value is -2.67. The summed E-state index contributed by atoms with van der Waals surface area (Å²) in [6.07, 6.45) is 3.67. The van der Waals surface area contributed by atoms with Crippen molar-refractivity contribution in [1.29, 1.82) is 0 Å². The van der Waals surface area contributed by atoms with Crippen molar-refractivity contribution >= 4 is 11.8 Å². The number of rotatable bonds is 3. The van der Waals surface area contributed by atoms with E-state index < -0.39 is 5.41 Å². The Morgan fingerprint density at radius 3 is 2.64 bits per heavy atom. The van der Waals surface area contributed by atoms with E-state index in [1.807, 2.05) is 42.3 Å². The van der Waals surface area contributed by atoms with Gasteiger partial charge in [-0.25, -0.2) is 4.98 Å². The Bertz CT molecular complexity index is 856. The van der Waals surface area contributed by atoms with Gasteiger partial charge in [0.15, 0.2) is 0 Å². The Morgan fingerprint density at radius 1 is 1.25 bits per heavy atom. The predicted molar refractivity (Wildman–Crippen MR) is 105 cm³/mol. The number of aromatic amines is 1. The average molecular weight is 382 g/mol. The minimum Gasteiger partial charge on any atom is -0.380 e. The smallest absolute Gasteiger partial charge is 0.272 e. The summed E-state index contributed by atoms with van der Waals surface area (Å²) in [5, 5.41) is 0. The van der Waals surface area contributed by atoms with Crippen LogP contribution in [0.15, 0.2) is 36.7 Å². The lowest BCUT2D eigenvalue weighted by molar-refractivity contribution is -0.155. The summed E-state index contributed by atoms with van der Waals surface area (Å²) in [7, 11) is 3.54. The number of aromatic nitrogens is 2. The molecule has 0 radical (unpaired) electrons. The molecule has 2 saturated heterocycles. The van der Waals surface area contributed by atoms with Gasteiger partial charge in [0.25, 0.3) is 5.91 Å². The molecule has 7 nitrogen and oxygen atoms in total. The second-order valence-electron chi connectivity index (χ2n) is 7.81. The number of amides is 2. The zero-order chi connectivity index (χ0) is 19.7. The van der Waals surface area contributed by atoms with Crippen molar-refractivity contribution in [2.45, 2.75) is 25.4 Å². The van der Waals surface area contributed by atoms with E-state index in [2.05, 4.69) is 9.97 Å². The lowest BCUT2D eigenvalue weighted by Crippen LogP contribution is -2.57. The van der Waals surface area contributed by atoms with E-state index in [0.29, 0.717) is 43.9 Å². The van der Waals surface area contributed by atoms with Gasteiger partial charge in [0.05, 0.1) is 17.8 Å². The van der Waals surface area contributed by atoms with E-state index in [1.54, 1.807) is 18.3 Å². The molecule has 2 fully saturated rings. The molecule has 1 unspecified atom stereocenters. The Labute approximate surface area is 164 Å². The largest absolute Gasteiger partial charge is 0.380 e. The highest BCUT2D eigenvalue weighted by Gasteiger charge is 2.48. The number of H-pyrrole nitrogens is 1. The molecule has 0 bridgehead atoms. The van der Waals surface area contributed by atoms with Crippen LogP contribution in [0.1, 0.15) is 29.8 Å².